The molecule has 0 aliphatic rings. The number of rotatable bonds is 10. The number of halogens is 2. The molecule has 0 aliphatic carbocycles. The number of amides is 1. The molecule has 168 valence electrons. The highest BCUT2D eigenvalue weighted by atomic mass is 35.5. The zero-order valence-electron chi connectivity index (χ0n) is 17.1. The predicted molar refractivity (Wildman–Crippen MR) is 128 cm³/mol. The van der Waals surface area contributed by atoms with Crippen LogP contribution in [0.3, 0.4) is 0 Å². The lowest BCUT2D eigenvalue weighted by molar-refractivity contribution is -0.119. The Kier molecular flexibility index (Phi) is 8.55. The smallest absolute Gasteiger partial charge is 0.264 e. The molecule has 1 amide bonds. The molecule has 0 aliphatic heterocycles. The number of para-hydroxylation sites is 1. The van der Waals surface area contributed by atoms with Crippen LogP contribution in [0.5, 0.6) is 0 Å². The quantitative estimate of drug-likeness (QED) is 0.416. The van der Waals surface area contributed by atoms with Crippen LogP contribution in [0.25, 0.3) is 0 Å². The second-order valence-corrected chi connectivity index (χ2v) is 10.2. The van der Waals surface area contributed by atoms with E-state index in [0.717, 1.165) is 27.8 Å². The van der Waals surface area contributed by atoms with Gasteiger partial charge >= 0.3 is 0 Å². The first-order valence-corrected chi connectivity index (χ1v) is 12.8. The van der Waals surface area contributed by atoms with Gasteiger partial charge in [0.2, 0.25) is 5.91 Å². The second kappa shape index (κ2) is 11.4. The fourth-order valence-electron chi connectivity index (χ4n) is 2.86. The Morgan fingerprint density at radius 3 is 2.28 bits per heavy atom. The highest BCUT2D eigenvalue weighted by Gasteiger charge is 2.27. The summed E-state index contributed by atoms with van der Waals surface area (Å²) in [6, 6.07) is 20.4. The summed E-state index contributed by atoms with van der Waals surface area (Å²) in [7, 11) is -4.05. The molecule has 0 saturated carbocycles. The van der Waals surface area contributed by atoms with Crippen molar-refractivity contribution >= 4 is 45.0 Å². The SMILES string of the molecule is O=C(CN(c1ccccc1)S(=O)(=O)c1ccc(F)cc1)NCCSCc1ccc(Cl)cc1. The summed E-state index contributed by atoms with van der Waals surface area (Å²) in [5, 5.41) is 3.45. The average Bonchev–Trinajstić information content (AvgIpc) is 2.79. The summed E-state index contributed by atoms with van der Waals surface area (Å²) in [6.45, 7) is 0.0158. The molecule has 1 N–H and O–H groups in total. The molecule has 3 rings (SSSR count). The van der Waals surface area contributed by atoms with Crippen molar-refractivity contribution in [2.45, 2.75) is 10.6 Å². The summed E-state index contributed by atoms with van der Waals surface area (Å²) in [6.07, 6.45) is 0. The monoisotopic (exact) mass is 492 g/mol. The Hall–Kier alpha value is -2.55. The minimum absolute atomic E-state index is 0.0888. The number of carbonyl (C=O) groups excluding carboxylic acids is 1. The molecule has 0 radical (unpaired) electrons. The van der Waals surface area contributed by atoms with E-state index in [2.05, 4.69) is 5.32 Å². The molecule has 3 aromatic rings. The van der Waals surface area contributed by atoms with Gasteiger partial charge in [-0.3, -0.25) is 9.10 Å². The van der Waals surface area contributed by atoms with E-state index in [1.807, 2.05) is 24.3 Å². The summed E-state index contributed by atoms with van der Waals surface area (Å²) < 4.78 is 40.6. The predicted octanol–water partition coefficient (Wildman–Crippen LogP) is 4.72. The lowest BCUT2D eigenvalue weighted by Crippen LogP contribution is -2.41. The van der Waals surface area contributed by atoms with E-state index < -0.39 is 21.7 Å². The molecule has 0 atom stereocenters. The fourth-order valence-corrected chi connectivity index (χ4v) is 5.23. The Labute approximate surface area is 196 Å². The largest absolute Gasteiger partial charge is 0.354 e. The third kappa shape index (κ3) is 6.72. The van der Waals surface area contributed by atoms with Gasteiger partial charge in [0.1, 0.15) is 12.4 Å². The fraction of sp³-hybridized carbons (Fsp3) is 0.174. The average molecular weight is 493 g/mol. The third-order valence-corrected chi connectivity index (χ3v) is 7.55. The maximum atomic E-state index is 13.3. The number of nitrogens with one attached hydrogen (secondary N) is 1. The Bertz CT molecular complexity index is 1130. The van der Waals surface area contributed by atoms with Crippen molar-refractivity contribution in [3.05, 3.63) is 95.3 Å². The number of anilines is 1. The normalized spacial score (nSPS) is 11.2. The molecule has 0 bridgehead atoms. The van der Waals surface area contributed by atoms with Crippen LogP contribution in [-0.4, -0.2) is 33.2 Å². The molecular weight excluding hydrogens is 471 g/mol. The standard InChI is InChI=1S/C23H22ClFN2O3S2/c24-19-8-6-18(7-9-19)17-31-15-14-26-23(28)16-27(21-4-2-1-3-5-21)32(29,30)22-12-10-20(25)11-13-22/h1-13H,14-17H2,(H,26,28). The minimum Gasteiger partial charge on any atom is -0.354 e. The summed E-state index contributed by atoms with van der Waals surface area (Å²) in [5.74, 6) is 0.489. The Morgan fingerprint density at radius 2 is 1.62 bits per heavy atom. The van der Waals surface area contributed by atoms with Crippen molar-refractivity contribution in [3.63, 3.8) is 0 Å². The van der Waals surface area contributed by atoms with Gasteiger partial charge in [0.05, 0.1) is 10.6 Å². The number of nitrogens with zero attached hydrogens (tertiary/aromatic N) is 1. The van der Waals surface area contributed by atoms with Crippen molar-refractivity contribution in [3.8, 4) is 0 Å². The number of sulfonamides is 1. The Morgan fingerprint density at radius 1 is 0.969 bits per heavy atom. The molecule has 0 saturated heterocycles. The third-order valence-electron chi connectivity index (χ3n) is 4.48. The van der Waals surface area contributed by atoms with Crippen LogP contribution < -0.4 is 9.62 Å². The van der Waals surface area contributed by atoms with Gasteiger partial charge in [0, 0.05) is 23.1 Å². The molecule has 0 spiro atoms. The maximum Gasteiger partial charge on any atom is 0.264 e. The van der Waals surface area contributed by atoms with Gasteiger partial charge < -0.3 is 5.32 Å². The number of benzene rings is 3. The highest BCUT2D eigenvalue weighted by Crippen LogP contribution is 2.23. The van der Waals surface area contributed by atoms with Gasteiger partial charge in [-0.25, -0.2) is 12.8 Å². The van der Waals surface area contributed by atoms with Gasteiger partial charge in [-0.05, 0) is 54.1 Å². The van der Waals surface area contributed by atoms with Gasteiger partial charge in [0.25, 0.3) is 10.0 Å². The lowest BCUT2D eigenvalue weighted by Gasteiger charge is -2.24. The number of carbonyl (C=O) groups is 1. The molecule has 5 nitrogen and oxygen atoms in total. The topological polar surface area (TPSA) is 66.5 Å². The van der Waals surface area contributed by atoms with Crippen LogP contribution in [0.15, 0.2) is 83.8 Å². The number of hydrogen-bond donors (Lipinski definition) is 1. The van der Waals surface area contributed by atoms with Crippen LogP contribution in [0.2, 0.25) is 5.02 Å². The van der Waals surface area contributed by atoms with Crippen LogP contribution in [0, 0.1) is 5.82 Å². The van der Waals surface area contributed by atoms with Crippen LogP contribution in [0.4, 0.5) is 10.1 Å². The van der Waals surface area contributed by atoms with Gasteiger partial charge in [0.15, 0.2) is 0 Å². The van der Waals surface area contributed by atoms with Crippen LogP contribution in [-0.2, 0) is 20.6 Å². The van der Waals surface area contributed by atoms with Gasteiger partial charge in [-0.15, -0.1) is 0 Å². The first-order valence-electron chi connectivity index (χ1n) is 9.78. The molecule has 3 aromatic carbocycles. The zero-order chi connectivity index (χ0) is 23.0. The second-order valence-electron chi connectivity index (χ2n) is 6.83. The summed E-state index contributed by atoms with van der Waals surface area (Å²) in [5.41, 5.74) is 1.48. The van der Waals surface area contributed by atoms with E-state index >= 15 is 0 Å². The van der Waals surface area contributed by atoms with Crippen molar-refractivity contribution in [2.75, 3.05) is 23.1 Å². The van der Waals surface area contributed by atoms with Crippen LogP contribution in [0.1, 0.15) is 5.56 Å². The van der Waals surface area contributed by atoms with Crippen LogP contribution >= 0.6 is 23.4 Å². The van der Waals surface area contributed by atoms with E-state index in [9.17, 15) is 17.6 Å². The first kappa shape index (κ1) is 24.1. The molecule has 0 unspecified atom stereocenters. The molecule has 0 heterocycles. The molecular formula is C23H22ClFN2O3S2. The van der Waals surface area contributed by atoms with Crippen molar-refractivity contribution < 1.29 is 17.6 Å². The molecule has 0 aromatic heterocycles. The van der Waals surface area contributed by atoms with Crippen molar-refractivity contribution in [1.82, 2.24) is 5.32 Å². The summed E-state index contributed by atoms with van der Waals surface area (Å²) >= 11 is 7.52. The van der Waals surface area contributed by atoms with E-state index in [-0.39, 0.29) is 11.4 Å². The highest BCUT2D eigenvalue weighted by molar-refractivity contribution is 7.98. The van der Waals surface area contributed by atoms with Gasteiger partial charge in [-0.1, -0.05) is 41.9 Å². The number of hydrogen-bond acceptors (Lipinski definition) is 4. The molecule has 9 heteroatoms. The summed E-state index contributed by atoms with van der Waals surface area (Å²) in [4.78, 5) is 12.4. The van der Waals surface area contributed by atoms with E-state index in [1.165, 1.54) is 12.1 Å². The van der Waals surface area contributed by atoms with E-state index in [0.29, 0.717) is 23.0 Å². The minimum atomic E-state index is -4.05. The number of thioether (sulfide) groups is 1. The molecule has 0 fully saturated rings. The Balaban J connectivity index is 1.60. The van der Waals surface area contributed by atoms with E-state index in [4.69, 9.17) is 11.6 Å². The van der Waals surface area contributed by atoms with Gasteiger partial charge in [-0.2, -0.15) is 11.8 Å². The van der Waals surface area contributed by atoms with Crippen molar-refractivity contribution in [2.24, 2.45) is 0 Å². The lowest BCUT2D eigenvalue weighted by atomic mass is 10.2. The first-order chi connectivity index (χ1) is 15.4. The van der Waals surface area contributed by atoms with Crippen molar-refractivity contribution in [1.29, 1.82) is 0 Å². The van der Waals surface area contributed by atoms with E-state index in [1.54, 1.807) is 42.1 Å². The molecule has 32 heavy (non-hydrogen) atoms. The zero-order valence-corrected chi connectivity index (χ0v) is 19.5. The maximum absolute atomic E-state index is 13.3.